The van der Waals surface area contributed by atoms with Gasteiger partial charge in [-0.15, -0.1) is 0 Å². The van der Waals surface area contributed by atoms with Crippen molar-refractivity contribution in [3.05, 3.63) is 16.4 Å². The number of hydrogen-bond acceptors (Lipinski definition) is 2. The second-order valence-corrected chi connectivity index (χ2v) is 5.10. The Labute approximate surface area is 95.8 Å². The number of aromatic nitrogens is 2. The normalized spacial score (nSPS) is 18.9. The third kappa shape index (κ3) is 2.04. The molecule has 0 bridgehead atoms. The summed E-state index contributed by atoms with van der Waals surface area (Å²) in [7, 11) is 1.88. The summed E-state index contributed by atoms with van der Waals surface area (Å²) in [5, 5.41) is 8.62. The lowest BCUT2D eigenvalue weighted by molar-refractivity contribution is 0.206. The Morgan fingerprint density at radius 2 is 2.20 bits per heavy atom. The van der Waals surface area contributed by atoms with Gasteiger partial charge in [0.25, 0.3) is 0 Å². The van der Waals surface area contributed by atoms with E-state index in [-0.39, 0.29) is 0 Å². The van der Waals surface area contributed by atoms with Gasteiger partial charge < -0.3 is 5.32 Å². The Bertz CT molecular complexity index is 366. The van der Waals surface area contributed by atoms with E-state index in [2.05, 4.69) is 17.3 Å². The second-order valence-electron chi connectivity index (χ2n) is 4.75. The first-order valence-corrected chi connectivity index (χ1v) is 5.83. The topological polar surface area (TPSA) is 29.9 Å². The molecule has 1 aromatic heterocycles. The molecule has 0 amide bonds. The number of rotatable bonds is 3. The SMILES string of the molecule is Cc1nn(C)c(Cl)c1CNC1(C)CCC1. The molecule has 3 nitrogen and oxygen atoms in total. The van der Waals surface area contributed by atoms with E-state index in [9.17, 15) is 0 Å². The zero-order valence-corrected chi connectivity index (χ0v) is 10.4. The van der Waals surface area contributed by atoms with Crippen LogP contribution in [0, 0.1) is 6.92 Å². The van der Waals surface area contributed by atoms with Crippen LogP contribution in [0.2, 0.25) is 5.15 Å². The van der Waals surface area contributed by atoms with Crippen LogP contribution in [-0.4, -0.2) is 15.3 Å². The molecule has 1 saturated carbocycles. The van der Waals surface area contributed by atoms with E-state index in [1.54, 1.807) is 4.68 Å². The minimum Gasteiger partial charge on any atom is -0.307 e. The monoisotopic (exact) mass is 227 g/mol. The van der Waals surface area contributed by atoms with Crippen molar-refractivity contribution < 1.29 is 0 Å². The molecule has 15 heavy (non-hydrogen) atoms. The number of aryl methyl sites for hydroxylation is 2. The molecule has 0 atom stereocenters. The minimum absolute atomic E-state index is 0.325. The summed E-state index contributed by atoms with van der Waals surface area (Å²) in [6.07, 6.45) is 3.87. The molecule has 1 aliphatic rings. The molecule has 2 rings (SSSR count). The molecule has 1 aromatic rings. The Morgan fingerprint density at radius 1 is 1.53 bits per heavy atom. The number of nitrogens with one attached hydrogen (secondary N) is 1. The highest BCUT2D eigenvalue weighted by molar-refractivity contribution is 6.30. The fourth-order valence-electron chi connectivity index (χ4n) is 2.06. The lowest BCUT2D eigenvalue weighted by Gasteiger charge is -2.39. The van der Waals surface area contributed by atoms with Crippen molar-refractivity contribution in [2.24, 2.45) is 7.05 Å². The van der Waals surface area contributed by atoms with Gasteiger partial charge in [-0.2, -0.15) is 5.10 Å². The minimum atomic E-state index is 0.325. The highest BCUT2D eigenvalue weighted by Crippen LogP contribution is 2.31. The molecule has 1 heterocycles. The van der Waals surface area contributed by atoms with E-state index in [0.717, 1.165) is 23.0 Å². The maximum absolute atomic E-state index is 6.16. The van der Waals surface area contributed by atoms with E-state index in [1.165, 1.54) is 19.3 Å². The smallest absolute Gasteiger partial charge is 0.131 e. The maximum Gasteiger partial charge on any atom is 0.131 e. The molecule has 0 spiro atoms. The number of nitrogens with zero attached hydrogens (tertiary/aromatic N) is 2. The summed E-state index contributed by atoms with van der Waals surface area (Å²) in [4.78, 5) is 0. The largest absolute Gasteiger partial charge is 0.307 e. The van der Waals surface area contributed by atoms with Gasteiger partial charge in [-0.3, -0.25) is 4.68 Å². The van der Waals surface area contributed by atoms with E-state index in [1.807, 2.05) is 14.0 Å². The van der Waals surface area contributed by atoms with Crippen molar-refractivity contribution in [2.45, 2.75) is 45.2 Å². The van der Waals surface area contributed by atoms with Gasteiger partial charge in [0.15, 0.2) is 0 Å². The fraction of sp³-hybridized carbons (Fsp3) is 0.727. The van der Waals surface area contributed by atoms with Crippen molar-refractivity contribution in [1.82, 2.24) is 15.1 Å². The van der Waals surface area contributed by atoms with Crippen molar-refractivity contribution >= 4 is 11.6 Å². The summed E-state index contributed by atoms with van der Waals surface area (Å²) in [6, 6.07) is 0. The van der Waals surface area contributed by atoms with Gasteiger partial charge >= 0.3 is 0 Å². The van der Waals surface area contributed by atoms with Crippen LogP contribution in [0.5, 0.6) is 0 Å². The molecule has 0 unspecified atom stereocenters. The van der Waals surface area contributed by atoms with E-state index in [0.29, 0.717) is 5.54 Å². The van der Waals surface area contributed by atoms with Gasteiger partial charge in [0.2, 0.25) is 0 Å². The van der Waals surface area contributed by atoms with Crippen LogP contribution in [0.1, 0.15) is 37.4 Å². The quantitative estimate of drug-likeness (QED) is 0.860. The van der Waals surface area contributed by atoms with Gasteiger partial charge in [0, 0.05) is 24.7 Å². The van der Waals surface area contributed by atoms with Crippen molar-refractivity contribution in [3.63, 3.8) is 0 Å². The predicted octanol–water partition coefficient (Wildman–Crippen LogP) is 2.41. The van der Waals surface area contributed by atoms with Gasteiger partial charge in [-0.1, -0.05) is 11.6 Å². The first kappa shape index (κ1) is 11.0. The van der Waals surface area contributed by atoms with Gasteiger partial charge in [-0.05, 0) is 33.1 Å². The zero-order valence-electron chi connectivity index (χ0n) is 9.60. The lowest BCUT2D eigenvalue weighted by atomic mass is 9.78. The zero-order chi connectivity index (χ0) is 11.1. The number of hydrogen-bond donors (Lipinski definition) is 1. The molecular formula is C11H18ClN3. The summed E-state index contributed by atoms with van der Waals surface area (Å²) >= 11 is 6.16. The number of halogens is 1. The van der Waals surface area contributed by atoms with Crippen LogP contribution in [0.4, 0.5) is 0 Å². The molecule has 0 radical (unpaired) electrons. The summed E-state index contributed by atoms with van der Waals surface area (Å²) < 4.78 is 1.73. The van der Waals surface area contributed by atoms with E-state index in [4.69, 9.17) is 11.6 Å². The standard InChI is InChI=1S/C11H18ClN3/c1-8-9(10(12)15(3)14-8)7-13-11(2)5-4-6-11/h13H,4-7H2,1-3H3. The average Bonchev–Trinajstić information content (AvgIpc) is 2.36. The van der Waals surface area contributed by atoms with Crippen molar-refractivity contribution in [2.75, 3.05) is 0 Å². The second kappa shape index (κ2) is 3.80. The fourth-order valence-corrected chi connectivity index (χ4v) is 2.30. The molecule has 84 valence electrons. The average molecular weight is 228 g/mol. The molecule has 1 fully saturated rings. The maximum atomic E-state index is 6.16. The summed E-state index contributed by atoms with van der Waals surface area (Å²) in [5.41, 5.74) is 2.48. The summed E-state index contributed by atoms with van der Waals surface area (Å²) in [6.45, 7) is 5.11. The molecule has 4 heteroatoms. The van der Waals surface area contributed by atoms with Crippen LogP contribution in [-0.2, 0) is 13.6 Å². The van der Waals surface area contributed by atoms with E-state index >= 15 is 0 Å². The molecule has 1 N–H and O–H groups in total. The van der Waals surface area contributed by atoms with E-state index < -0.39 is 0 Å². The Morgan fingerprint density at radius 3 is 2.60 bits per heavy atom. The lowest BCUT2D eigenvalue weighted by Crippen LogP contribution is -2.47. The van der Waals surface area contributed by atoms with Crippen LogP contribution >= 0.6 is 11.6 Å². The molecule has 0 saturated heterocycles. The highest BCUT2D eigenvalue weighted by Gasteiger charge is 2.31. The highest BCUT2D eigenvalue weighted by atomic mass is 35.5. The predicted molar refractivity (Wildman–Crippen MR) is 62.1 cm³/mol. The van der Waals surface area contributed by atoms with Crippen molar-refractivity contribution in [3.8, 4) is 0 Å². The third-order valence-corrected chi connectivity index (χ3v) is 3.89. The molecule has 0 aliphatic heterocycles. The Hall–Kier alpha value is -0.540. The van der Waals surface area contributed by atoms with Crippen molar-refractivity contribution in [1.29, 1.82) is 0 Å². The van der Waals surface area contributed by atoms with Gasteiger partial charge in [-0.25, -0.2) is 0 Å². The Kier molecular flexibility index (Phi) is 2.77. The van der Waals surface area contributed by atoms with Gasteiger partial charge in [0.05, 0.1) is 5.69 Å². The van der Waals surface area contributed by atoms with Crippen LogP contribution in [0.15, 0.2) is 0 Å². The van der Waals surface area contributed by atoms with Crippen LogP contribution in [0.25, 0.3) is 0 Å². The summed E-state index contributed by atoms with van der Waals surface area (Å²) in [5.74, 6) is 0. The third-order valence-electron chi connectivity index (χ3n) is 3.42. The van der Waals surface area contributed by atoms with Gasteiger partial charge in [0.1, 0.15) is 5.15 Å². The van der Waals surface area contributed by atoms with Crippen LogP contribution < -0.4 is 5.32 Å². The molecule has 1 aliphatic carbocycles. The Balaban J connectivity index is 2.04. The first-order valence-electron chi connectivity index (χ1n) is 5.45. The first-order chi connectivity index (χ1) is 7.02. The molecular weight excluding hydrogens is 210 g/mol. The van der Waals surface area contributed by atoms with Crippen LogP contribution in [0.3, 0.4) is 0 Å². The molecule has 0 aromatic carbocycles.